The number of nitrogens with one attached hydrogen (secondary N) is 4. The molecule has 3 aliphatic carbocycles. The number of aryl methyl sites for hydroxylation is 5. The van der Waals surface area contributed by atoms with E-state index >= 15 is 4.39 Å². The van der Waals surface area contributed by atoms with Crippen molar-refractivity contribution in [1.82, 2.24) is 58.2 Å². The second-order valence-electron chi connectivity index (χ2n) is 21.6. The lowest BCUT2D eigenvalue weighted by Crippen LogP contribution is -2.25. The summed E-state index contributed by atoms with van der Waals surface area (Å²) in [5.74, 6) is 3.55. The summed E-state index contributed by atoms with van der Waals surface area (Å²) in [6, 6.07) is 16.4. The summed E-state index contributed by atoms with van der Waals surface area (Å²) in [4.78, 5) is 55.1. The molecule has 410 valence electrons. The molecule has 0 atom stereocenters. The topological polar surface area (TPSA) is 214 Å². The maximum Gasteiger partial charge on any atom is 0.283 e. The SMILES string of the molecule is CCc1c(-c2cc(Nc3cc(C4CC4)n(C)n3)c(=O)n(C)c2)ccnc1-n1ncc2cc(C(C)(C)C)cc(F)c2c1=O.Cn1cc(Br)cc(Nc2cc(C3CC3)[nH]n2)c1=O.Cn1nc(Nc2cc(Br)cn(C)c2=O)cc1C1CC1. The van der Waals surface area contributed by atoms with Gasteiger partial charge >= 0.3 is 0 Å². The van der Waals surface area contributed by atoms with Crippen molar-refractivity contribution in [3.63, 3.8) is 0 Å². The van der Waals surface area contributed by atoms with E-state index in [1.807, 2.05) is 81.5 Å². The smallest absolute Gasteiger partial charge is 0.283 e. The number of fused-ring (bicyclic) bond motifs is 1. The van der Waals surface area contributed by atoms with E-state index < -0.39 is 11.4 Å². The van der Waals surface area contributed by atoms with Crippen LogP contribution in [0.3, 0.4) is 0 Å². The minimum Gasteiger partial charge on any atom is -0.334 e. The molecule has 0 unspecified atom stereocenters. The first-order chi connectivity index (χ1) is 37.6. The van der Waals surface area contributed by atoms with Gasteiger partial charge in [0.15, 0.2) is 23.3 Å². The van der Waals surface area contributed by atoms with Crippen molar-refractivity contribution >= 4 is 77.1 Å². The summed E-state index contributed by atoms with van der Waals surface area (Å²) in [7, 11) is 9.00. The zero-order valence-corrected chi connectivity index (χ0v) is 48.6. The number of rotatable bonds is 12. The molecule has 4 N–H and O–H groups in total. The summed E-state index contributed by atoms with van der Waals surface area (Å²) >= 11 is 6.76. The highest BCUT2D eigenvalue weighted by molar-refractivity contribution is 9.10. The molecule has 12 rings (SSSR count). The predicted octanol–water partition coefficient (Wildman–Crippen LogP) is 10.5. The Bertz CT molecular complexity index is 4060. The number of hydrogen-bond acceptors (Lipinski definition) is 12. The van der Waals surface area contributed by atoms with Gasteiger partial charge in [0.05, 0.1) is 11.6 Å². The van der Waals surface area contributed by atoms with Gasteiger partial charge in [0, 0.05) is 139 Å². The summed E-state index contributed by atoms with van der Waals surface area (Å²) in [6.45, 7) is 7.94. The molecule has 0 spiro atoms. The van der Waals surface area contributed by atoms with E-state index in [0.29, 0.717) is 64.1 Å². The number of aromatic nitrogens is 12. The van der Waals surface area contributed by atoms with Crippen LogP contribution in [-0.2, 0) is 47.1 Å². The van der Waals surface area contributed by atoms with E-state index in [2.05, 4.69) is 78.3 Å². The number of H-pyrrole nitrogens is 1. The minimum absolute atomic E-state index is 0.0261. The van der Waals surface area contributed by atoms with E-state index in [4.69, 9.17) is 0 Å². The third-order valence-electron chi connectivity index (χ3n) is 14.3. The first-order valence-corrected chi connectivity index (χ1v) is 27.8. The fourth-order valence-electron chi connectivity index (χ4n) is 9.60. The molecule has 3 aliphatic rings. The third kappa shape index (κ3) is 12.0. The Kier molecular flexibility index (Phi) is 15.1. The highest BCUT2D eigenvalue weighted by Gasteiger charge is 2.29. The number of nitrogens with zero attached hydrogens (tertiary/aromatic N) is 11. The summed E-state index contributed by atoms with van der Waals surface area (Å²) in [6.07, 6.45) is 16.1. The molecule has 79 heavy (non-hydrogen) atoms. The fourth-order valence-corrected chi connectivity index (χ4v) is 10.7. The largest absolute Gasteiger partial charge is 0.334 e. The van der Waals surface area contributed by atoms with Crippen LogP contribution in [0.4, 0.5) is 38.9 Å². The highest BCUT2D eigenvalue weighted by Crippen LogP contribution is 2.42. The Hall–Kier alpha value is -7.72. The van der Waals surface area contributed by atoms with Crippen LogP contribution in [0.1, 0.15) is 112 Å². The van der Waals surface area contributed by atoms with E-state index in [0.717, 1.165) is 61.2 Å². The van der Waals surface area contributed by atoms with Crippen molar-refractivity contribution in [3.8, 4) is 16.9 Å². The predicted molar refractivity (Wildman–Crippen MR) is 313 cm³/mol. The molecule has 0 amide bonds. The molecule has 3 fully saturated rings. The van der Waals surface area contributed by atoms with Crippen molar-refractivity contribution in [2.45, 2.75) is 95.8 Å². The van der Waals surface area contributed by atoms with Crippen molar-refractivity contribution in [3.05, 3.63) is 170 Å². The van der Waals surface area contributed by atoms with Crippen molar-refractivity contribution < 1.29 is 4.39 Å². The molecule has 0 bridgehead atoms. The van der Waals surface area contributed by atoms with Gasteiger partial charge in [-0.25, -0.2) is 9.37 Å². The molecule has 0 radical (unpaired) electrons. The van der Waals surface area contributed by atoms with Crippen LogP contribution in [0.15, 0.2) is 114 Å². The van der Waals surface area contributed by atoms with Gasteiger partial charge in [-0.2, -0.15) is 25.1 Å². The first-order valence-electron chi connectivity index (χ1n) is 26.2. The summed E-state index contributed by atoms with van der Waals surface area (Å²) in [5.41, 5.74) is 6.83. The molecule has 22 heteroatoms. The highest BCUT2D eigenvalue weighted by atomic mass is 79.9. The number of hydrogen-bond donors (Lipinski definition) is 4. The Morgan fingerprint density at radius 2 is 1.18 bits per heavy atom. The van der Waals surface area contributed by atoms with Gasteiger partial charge in [-0.3, -0.25) is 33.6 Å². The minimum atomic E-state index is -0.582. The molecule has 8 heterocycles. The lowest BCUT2D eigenvalue weighted by Gasteiger charge is -2.20. The van der Waals surface area contributed by atoms with Crippen LogP contribution in [0.2, 0.25) is 0 Å². The van der Waals surface area contributed by atoms with Crippen LogP contribution in [0.25, 0.3) is 27.7 Å². The average Bonchev–Trinajstić information content (AvgIpc) is 4.42. The second kappa shape index (κ2) is 21.8. The Morgan fingerprint density at radius 1 is 0.658 bits per heavy atom. The van der Waals surface area contributed by atoms with Crippen LogP contribution in [-0.4, -0.2) is 58.2 Å². The molecular formula is C57H62Br2FN15O4. The van der Waals surface area contributed by atoms with E-state index in [1.54, 1.807) is 64.1 Å². The standard InChI is InChI=1S/C32H34FN7O2.C13H15BrN4O.C12H13BrN4O/c1-7-22-23(20-13-25(30(41)38(5)17-20)36-27-15-26(18-8-9-18)39(6)37-27)10-11-34-29(22)40-31(42)28-19(16-35-40)12-21(14-24(28)33)32(2,3)4;1-17-7-9(14)5-10(13(17)19)15-12-6-11(8-3-4-8)18(2)16-12;1-17-6-8(13)4-10(12(17)18)14-11-5-9(15-16-11)7-2-3-7/h10-18H,7-9H2,1-6H3,(H,36,37);5-8H,3-4H2,1-2H3,(H,15,16);4-7H,2-3H2,1H3,(H2,14,15,16). The van der Waals surface area contributed by atoms with Crippen LogP contribution in [0, 0.1) is 5.82 Å². The fraction of sp³-hybridized carbons (Fsp3) is 0.351. The molecule has 0 aliphatic heterocycles. The third-order valence-corrected chi connectivity index (χ3v) is 15.2. The van der Waals surface area contributed by atoms with Gasteiger partial charge in [-0.1, -0.05) is 27.7 Å². The average molecular weight is 1200 g/mol. The molecule has 8 aromatic heterocycles. The second-order valence-corrected chi connectivity index (χ2v) is 23.5. The van der Waals surface area contributed by atoms with Gasteiger partial charge in [0.25, 0.3) is 22.2 Å². The Labute approximate surface area is 471 Å². The van der Waals surface area contributed by atoms with Gasteiger partial charge in [-0.05, 0) is 130 Å². The zero-order chi connectivity index (χ0) is 56.2. The van der Waals surface area contributed by atoms with Gasteiger partial charge in [0.2, 0.25) is 0 Å². The number of pyridine rings is 4. The van der Waals surface area contributed by atoms with Gasteiger partial charge in [-0.15, -0.1) is 0 Å². The van der Waals surface area contributed by atoms with E-state index in [1.165, 1.54) is 62.0 Å². The van der Waals surface area contributed by atoms with E-state index in [9.17, 15) is 19.2 Å². The quantitative estimate of drug-likeness (QED) is 0.0899. The first kappa shape index (κ1) is 54.6. The van der Waals surface area contributed by atoms with Crippen LogP contribution >= 0.6 is 31.9 Å². The summed E-state index contributed by atoms with van der Waals surface area (Å²) < 4.78 is 26.5. The van der Waals surface area contributed by atoms with Crippen molar-refractivity contribution in [1.29, 1.82) is 0 Å². The molecule has 0 saturated heterocycles. The monoisotopic (exact) mass is 1200 g/mol. The number of benzene rings is 1. The Balaban J connectivity index is 0.000000156. The van der Waals surface area contributed by atoms with Crippen LogP contribution < -0.4 is 38.2 Å². The zero-order valence-electron chi connectivity index (χ0n) is 45.5. The van der Waals surface area contributed by atoms with Crippen molar-refractivity contribution in [2.24, 2.45) is 35.2 Å². The lowest BCUT2D eigenvalue weighted by atomic mass is 9.86. The molecule has 9 aromatic rings. The lowest BCUT2D eigenvalue weighted by molar-refractivity contribution is 0.576. The van der Waals surface area contributed by atoms with Gasteiger partial charge < -0.3 is 29.7 Å². The van der Waals surface area contributed by atoms with Gasteiger partial charge in [0.1, 0.15) is 22.9 Å². The maximum absolute atomic E-state index is 15.3. The van der Waals surface area contributed by atoms with Crippen molar-refractivity contribution in [2.75, 3.05) is 16.0 Å². The number of anilines is 6. The molecular weight excluding hydrogens is 1140 g/mol. The van der Waals surface area contributed by atoms with E-state index in [-0.39, 0.29) is 27.5 Å². The molecule has 1 aromatic carbocycles. The molecule has 19 nitrogen and oxygen atoms in total. The number of halogens is 3. The Morgan fingerprint density at radius 3 is 1.70 bits per heavy atom. The number of aromatic amines is 1. The summed E-state index contributed by atoms with van der Waals surface area (Å²) in [5, 5.41) is 30.3. The van der Waals surface area contributed by atoms with Crippen LogP contribution in [0.5, 0.6) is 0 Å². The molecule has 3 saturated carbocycles. The maximum atomic E-state index is 15.3. The normalized spacial score (nSPS) is 14.1.